The lowest BCUT2D eigenvalue weighted by Gasteiger charge is -2.15. The number of anilines is 1. The number of amides is 2. The van der Waals surface area contributed by atoms with E-state index in [4.69, 9.17) is 9.84 Å². The van der Waals surface area contributed by atoms with Gasteiger partial charge in [-0.2, -0.15) is 0 Å². The molecule has 0 unspecified atom stereocenters. The number of aliphatic carboxylic acids is 1. The summed E-state index contributed by atoms with van der Waals surface area (Å²) in [5, 5.41) is 14.5. The summed E-state index contributed by atoms with van der Waals surface area (Å²) in [5.41, 5.74) is 5.32. The molecule has 5 rings (SSSR count). The molecule has 2 amide bonds. The first kappa shape index (κ1) is 23.1. The monoisotopic (exact) mass is 534 g/mol. The van der Waals surface area contributed by atoms with Crippen LogP contribution >= 0.6 is 15.9 Å². The lowest BCUT2D eigenvalue weighted by Crippen LogP contribution is -2.26. The maximum atomic E-state index is 12.6. The van der Waals surface area contributed by atoms with E-state index in [1.54, 1.807) is 18.2 Å². The zero-order valence-electron chi connectivity index (χ0n) is 18.7. The number of ether oxygens (including phenoxy) is 1. The average Bonchev–Trinajstić information content (AvgIpc) is 3.58. The van der Waals surface area contributed by atoms with E-state index in [2.05, 4.69) is 50.8 Å². The van der Waals surface area contributed by atoms with Crippen LogP contribution in [0.5, 0.6) is 0 Å². The fraction of sp³-hybridized carbons (Fsp3) is 0.222. The highest BCUT2D eigenvalue weighted by atomic mass is 79.9. The Morgan fingerprint density at radius 3 is 2.26 bits per heavy atom. The van der Waals surface area contributed by atoms with Gasteiger partial charge in [-0.25, -0.2) is 4.79 Å². The number of nitrogens with one attached hydrogen (secondary N) is 2. The number of carboxylic acids is 1. The summed E-state index contributed by atoms with van der Waals surface area (Å²) in [7, 11) is 0. The maximum Gasteiger partial charge on any atom is 0.411 e. The highest BCUT2D eigenvalue weighted by Crippen LogP contribution is 2.44. The second kappa shape index (κ2) is 9.54. The summed E-state index contributed by atoms with van der Waals surface area (Å²) in [6.45, 7) is 0.491. The molecule has 1 saturated carbocycles. The number of carbonyl (C=O) groups excluding carboxylic acids is 2. The summed E-state index contributed by atoms with van der Waals surface area (Å²) in [6, 6.07) is 21.1. The van der Waals surface area contributed by atoms with Gasteiger partial charge >= 0.3 is 12.1 Å². The number of rotatable bonds is 7. The topological polar surface area (TPSA) is 105 Å². The van der Waals surface area contributed by atoms with Crippen LogP contribution in [0.3, 0.4) is 0 Å². The van der Waals surface area contributed by atoms with E-state index < -0.39 is 12.1 Å². The first-order valence-corrected chi connectivity index (χ1v) is 12.1. The number of benzene rings is 3. The molecule has 0 bridgehead atoms. The van der Waals surface area contributed by atoms with Crippen molar-refractivity contribution in [1.82, 2.24) is 5.32 Å². The first-order chi connectivity index (χ1) is 16.9. The Hall–Kier alpha value is -3.65. The number of fused-ring (bicyclic) bond motifs is 3. The molecule has 0 saturated heterocycles. The van der Waals surface area contributed by atoms with E-state index in [0.29, 0.717) is 28.7 Å². The van der Waals surface area contributed by atoms with Crippen LogP contribution in [0.25, 0.3) is 11.1 Å². The second-order valence-corrected chi connectivity index (χ2v) is 9.65. The molecule has 7 nitrogen and oxygen atoms in total. The van der Waals surface area contributed by atoms with Crippen LogP contribution in [0.4, 0.5) is 10.5 Å². The normalized spacial score (nSPS) is 17.7. The van der Waals surface area contributed by atoms with Crippen molar-refractivity contribution in [2.75, 3.05) is 18.5 Å². The third-order valence-electron chi connectivity index (χ3n) is 6.57. The molecular formula is C27H23BrN2O5. The van der Waals surface area contributed by atoms with Crippen molar-refractivity contribution in [2.45, 2.75) is 12.3 Å². The van der Waals surface area contributed by atoms with Gasteiger partial charge in [0.2, 0.25) is 0 Å². The Labute approximate surface area is 210 Å². The number of halogens is 1. The quantitative estimate of drug-likeness (QED) is 0.383. The van der Waals surface area contributed by atoms with Crippen LogP contribution in [0.15, 0.2) is 71.2 Å². The minimum Gasteiger partial charge on any atom is -0.481 e. The predicted molar refractivity (Wildman–Crippen MR) is 134 cm³/mol. The molecule has 3 aromatic carbocycles. The number of hydrogen-bond donors (Lipinski definition) is 3. The summed E-state index contributed by atoms with van der Waals surface area (Å²) in [6.07, 6.45) is -0.0442. The fourth-order valence-corrected chi connectivity index (χ4v) is 4.95. The number of hydrogen-bond acceptors (Lipinski definition) is 4. The van der Waals surface area contributed by atoms with Crippen molar-refractivity contribution in [3.8, 4) is 11.1 Å². The minimum absolute atomic E-state index is 0.0367. The Morgan fingerprint density at radius 1 is 0.971 bits per heavy atom. The van der Waals surface area contributed by atoms with Crippen molar-refractivity contribution in [3.05, 3.63) is 87.9 Å². The molecule has 0 spiro atoms. The summed E-state index contributed by atoms with van der Waals surface area (Å²) < 4.78 is 6.20. The minimum atomic E-state index is -0.831. The highest BCUT2D eigenvalue weighted by Gasteiger charge is 2.43. The molecule has 0 radical (unpaired) electrons. The van der Waals surface area contributed by atoms with Gasteiger partial charge in [-0.1, -0.05) is 48.5 Å². The van der Waals surface area contributed by atoms with E-state index in [0.717, 1.165) is 22.3 Å². The molecule has 3 N–H and O–H groups in total. The molecule has 178 valence electrons. The van der Waals surface area contributed by atoms with E-state index in [1.807, 2.05) is 24.3 Å². The van der Waals surface area contributed by atoms with Gasteiger partial charge in [0.1, 0.15) is 6.61 Å². The van der Waals surface area contributed by atoms with Crippen molar-refractivity contribution in [2.24, 2.45) is 11.8 Å². The van der Waals surface area contributed by atoms with Gasteiger partial charge in [-0.3, -0.25) is 14.9 Å². The molecule has 35 heavy (non-hydrogen) atoms. The van der Waals surface area contributed by atoms with Crippen LogP contribution in [-0.2, 0) is 9.53 Å². The zero-order valence-corrected chi connectivity index (χ0v) is 20.2. The van der Waals surface area contributed by atoms with Crippen molar-refractivity contribution < 1.29 is 24.2 Å². The van der Waals surface area contributed by atoms with E-state index in [-0.39, 0.29) is 30.3 Å². The number of carbonyl (C=O) groups is 3. The molecule has 2 atom stereocenters. The lowest BCUT2D eigenvalue weighted by molar-refractivity contribution is -0.138. The molecule has 2 aliphatic carbocycles. The lowest BCUT2D eigenvalue weighted by atomic mass is 9.98. The highest BCUT2D eigenvalue weighted by molar-refractivity contribution is 9.10. The number of carboxylic acid groups (broad SMARTS) is 1. The average molecular weight is 535 g/mol. The van der Waals surface area contributed by atoms with Gasteiger partial charge in [0, 0.05) is 22.5 Å². The fourth-order valence-electron chi connectivity index (χ4n) is 4.61. The first-order valence-electron chi connectivity index (χ1n) is 11.3. The van der Waals surface area contributed by atoms with Gasteiger partial charge in [0.25, 0.3) is 5.91 Å². The Bertz CT molecular complexity index is 1280. The molecule has 0 heterocycles. The van der Waals surface area contributed by atoms with Crippen LogP contribution < -0.4 is 10.6 Å². The summed E-state index contributed by atoms with van der Waals surface area (Å²) >= 11 is 3.40. The van der Waals surface area contributed by atoms with Gasteiger partial charge in [0.05, 0.1) is 11.6 Å². The Morgan fingerprint density at radius 2 is 1.63 bits per heavy atom. The predicted octanol–water partition coefficient (Wildman–Crippen LogP) is 5.26. The Kier molecular flexibility index (Phi) is 6.30. The largest absolute Gasteiger partial charge is 0.481 e. The third-order valence-corrected chi connectivity index (χ3v) is 7.27. The SMILES string of the molecule is O=C(Nc1cc(C(=O)NC[C@@H]2C[C@@H]2C(=O)O)ccc1Br)OCC1c2ccccc2-c2ccccc21. The van der Waals surface area contributed by atoms with Crippen LogP contribution in [-0.4, -0.2) is 36.2 Å². The molecule has 1 fully saturated rings. The molecule has 0 aliphatic heterocycles. The van der Waals surface area contributed by atoms with Crippen LogP contribution in [0.2, 0.25) is 0 Å². The molecular weight excluding hydrogens is 512 g/mol. The van der Waals surface area contributed by atoms with Gasteiger partial charge in [0.15, 0.2) is 0 Å². The zero-order chi connectivity index (χ0) is 24.5. The van der Waals surface area contributed by atoms with Gasteiger partial charge in [-0.15, -0.1) is 0 Å². The van der Waals surface area contributed by atoms with Crippen LogP contribution in [0, 0.1) is 11.8 Å². The van der Waals surface area contributed by atoms with Crippen molar-refractivity contribution in [1.29, 1.82) is 0 Å². The standard InChI is InChI=1S/C27H23BrN2O5/c28-23-10-9-15(25(31)29-13-16-11-21(16)26(32)33)12-24(23)30-27(34)35-14-22-19-7-3-1-5-17(19)18-6-2-4-8-20(18)22/h1-10,12,16,21-22H,11,13-14H2,(H,29,31)(H,30,34)(H,32,33)/t16-,21-/m0/s1. The van der Waals surface area contributed by atoms with E-state index >= 15 is 0 Å². The molecule has 8 heteroatoms. The van der Waals surface area contributed by atoms with E-state index in [1.165, 1.54) is 0 Å². The second-order valence-electron chi connectivity index (χ2n) is 8.80. The maximum absolute atomic E-state index is 12.6. The molecule has 3 aromatic rings. The molecule has 0 aromatic heterocycles. The smallest absolute Gasteiger partial charge is 0.411 e. The van der Waals surface area contributed by atoms with E-state index in [9.17, 15) is 14.4 Å². The van der Waals surface area contributed by atoms with Gasteiger partial charge in [-0.05, 0) is 68.7 Å². The van der Waals surface area contributed by atoms with Gasteiger partial charge < -0.3 is 15.2 Å². The third kappa shape index (κ3) is 4.79. The van der Waals surface area contributed by atoms with Crippen molar-refractivity contribution in [3.63, 3.8) is 0 Å². The Balaban J connectivity index is 1.21. The van der Waals surface area contributed by atoms with Crippen LogP contribution in [0.1, 0.15) is 33.8 Å². The summed E-state index contributed by atoms with van der Waals surface area (Å²) in [4.78, 5) is 36.1. The molecule has 2 aliphatic rings. The summed E-state index contributed by atoms with van der Waals surface area (Å²) in [5.74, 6) is -1.63. The van der Waals surface area contributed by atoms with Crippen molar-refractivity contribution >= 4 is 39.6 Å².